The highest BCUT2D eigenvalue weighted by Gasteiger charge is 2.13. The second-order valence-corrected chi connectivity index (χ2v) is 7.61. The van der Waals surface area contributed by atoms with Crippen LogP contribution >= 0.6 is 23.4 Å². The zero-order chi connectivity index (χ0) is 18.8. The van der Waals surface area contributed by atoms with Crippen LogP contribution in [0.5, 0.6) is 0 Å². The van der Waals surface area contributed by atoms with Gasteiger partial charge in [-0.15, -0.1) is 0 Å². The van der Waals surface area contributed by atoms with Gasteiger partial charge in [0.25, 0.3) is 0 Å². The van der Waals surface area contributed by atoms with E-state index in [1.807, 2.05) is 25.1 Å². The first-order valence-electron chi connectivity index (χ1n) is 8.51. The number of benzene rings is 2. The minimum absolute atomic E-state index is 0.0492. The molecule has 2 aromatic carbocycles. The van der Waals surface area contributed by atoms with E-state index in [1.54, 1.807) is 12.3 Å². The lowest BCUT2D eigenvalue weighted by molar-refractivity contribution is -0.119. The van der Waals surface area contributed by atoms with E-state index in [1.165, 1.54) is 17.1 Å². The Hall–Kier alpha value is -2.57. The van der Waals surface area contributed by atoms with Gasteiger partial charge in [0.1, 0.15) is 0 Å². The fourth-order valence-electron chi connectivity index (χ4n) is 3.04. The lowest BCUT2D eigenvalue weighted by atomic mass is 10.00. The molecule has 136 valence electrons. The maximum atomic E-state index is 12.4. The number of H-pyrrole nitrogens is 1. The zero-order valence-electron chi connectivity index (χ0n) is 14.6. The van der Waals surface area contributed by atoms with E-state index in [-0.39, 0.29) is 17.7 Å². The van der Waals surface area contributed by atoms with Crippen LogP contribution in [0.4, 0.5) is 0 Å². The monoisotopic (exact) mass is 396 g/mol. The number of thioether (sulfide) groups is 1. The number of hydrogen-bond donors (Lipinski definition) is 2. The maximum Gasteiger partial charge on any atom is 0.230 e. The Kier molecular flexibility index (Phi) is 5.01. The largest absolute Gasteiger partial charge is 0.349 e. The van der Waals surface area contributed by atoms with E-state index < -0.39 is 0 Å². The first-order chi connectivity index (χ1) is 13.1. The molecule has 0 unspecified atom stereocenters. The quantitative estimate of drug-likeness (QED) is 0.478. The van der Waals surface area contributed by atoms with Crippen molar-refractivity contribution in [3.05, 3.63) is 65.3 Å². The molecule has 1 amide bonds. The Balaban J connectivity index is 1.42. The van der Waals surface area contributed by atoms with Crippen LogP contribution < -0.4 is 5.32 Å². The molecule has 2 aromatic heterocycles. The normalized spacial score (nSPS) is 12.4. The van der Waals surface area contributed by atoms with Gasteiger partial charge in [0.15, 0.2) is 10.8 Å². The predicted molar refractivity (Wildman–Crippen MR) is 110 cm³/mol. The molecule has 2 N–H and O–H groups in total. The number of nitrogens with zero attached hydrogens (tertiary/aromatic N) is 2. The molecule has 0 radical (unpaired) electrons. The number of carbonyl (C=O) groups excluding carboxylic acids is 1. The first kappa shape index (κ1) is 17.8. The van der Waals surface area contributed by atoms with Gasteiger partial charge in [-0.25, -0.2) is 9.97 Å². The van der Waals surface area contributed by atoms with Crippen molar-refractivity contribution >= 4 is 51.2 Å². The average molecular weight is 397 g/mol. The second kappa shape index (κ2) is 7.58. The summed E-state index contributed by atoms with van der Waals surface area (Å²) in [6.45, 7) is 2.00. The Bertz CT molecular complexity index is 1120. The number of nitrogens with one attached hydrogen (secondary N) is 2. The highest BCUT2D eigenvalue weighted by atomic mass is 35.5. The highest BCUT2D eigenvalue weighted by Crippen LogP contribution is 2.25. The van der Waals surface area contributed by atoms with Crippen LogP contribution in [-0.4, -0.2) is 26.6 Å². The smallest absolute Gasteiger partial charge is 0.230 e. The van der Waals surface area contributed by atoms with Crippen molar-refractivity contribution in [3.63, 3.8) is 0 Å². The molecule has 0 fully saturated rings. The Morgan fingerprint density at radius 1 is 1.26 bits per heavy atom. The molecule has 0 aliphatic heterocycles. The molecule has 2 heterocycles. The molecule has 0 saturated carbocycles. The summed E-state index contributed by atoms with van der Waals surface area (Å²) in [6.07, 6.45) is 1.55. The third-order valence-electron chi connectivity index (χ3n) is 4.29. The molecule has 7 heteroatoms. The van der Waals surface area contributed by atoms with E-state index in [0.29, 0.717) is 15.8 Å². The minimum atomic E-state index is -0.0830. The van der Waals surface area contributed by atoms with Gasteiger partial charge in [0.05, 0.1) is 22.3 Å². The molecule has 0 aliphatic rings. The summed E-state index contributed by atoms with van der Waals surface area (Å²) in [6, 6.07) is 16.0. The third-order valence-corrected chi connectivity index (χ3v) is 5.37. The third kappa shape index (κ3) is 3.91. The highest BCUT2D eigenvalue weighted by molar-refractivity contribution is 7.99. The number of pyridine rings is 1. The van der Waals surface area contributed by atoms with Gasteiger partial charge in [0.2, 0.25) is 5.91 Å². The maximum absolute atomic E-state index is 12.4. The summed E-state index contributed by atoms with van der Waals surface area (Å²) in [5, 5.41) is 6.57. The van der Waals surface area contributed by atoms with Crippen molar-refractivity contribution in [3.8, 4) is 0 Å². The predicted octanol–water partition coefficient (Wildman–Crippen LogP) is 4.73. The lowest BCUT2D eigenvalue weighted by Gasteiger charge is -2.16. The van der Waals surface area contributed by atoms with Crippen LogP contribution in [0.3, 0.4) is 0 Å². The fourth-order valence-corrected chi connectivity index (χ4v) is 3.89. The molecule has 0 spiro atoms. The van der Waals surface area contributed by atoms with Crippen molar-refractivity contribution < 1.29 is 4.79 Å². The summed E-state index contributed by atoms with van der Waals surface area (Å²) < 4.78 is 0. The molecule has 27 heavy (non-hydrogen) atoms. The SMILES string of the molecule is C[C@H](NC(=O)CSc1nc2ncc(Cl)cc2[nH]1)c1cccc2ccccc12. The number of amides is 1. The summed E-state index contributed by atoms with van der Waals surface area (Å²) in [4.78, 5) is 24.0. The van der Waals surface area contributed by atoms with E-state index in [2.05, 4.69) is 44.5 Å². The van der Waals surface area contributed by atoms with Crippen molar-refractivity contribution in [1.82, 2.24) is 20.3 Å². The lowest BCUT2D eigenvalue weighted by Crippen LogP contribution is -2.28. The Labute approximate surface area is 165 Å². The van der Waals surface area contributed by atoms with E-state index >= 15 is 0 Å². The zero-order valence-corrected chi connectivity index (χ0v) is 16.1. The van der Waals surface area contributed by atoms with Gasteiger partial charge in [-0.1, -0.05) is 65.8 Å². The summed E-state index contributed by atoms with van der Waals surface area (Å²) in [5.74, 6) is 0.217. The van der Waals surface area contributed by atoms with Crippen molar-refractivity contribution in [2.45, 2.75) is 18.1 Å². The molecule has 0 saturated heterocycles. The number of halogens is 1. The van der Waals surface area contributed by atoms with Crippen LogP contribution in [0.25, 0.3) is 21.9 Å². The molecular formula is C20H17ClN4OS. The minimum Gasteiger partial charge on any atom is -0.349 e. The molecule has 4 aromatic rings. The van der Waals surface area contributed by atoms with Crippen LogP contribution in [0.1, 0.15) is 18.5 Å². The van der Waals surface area contributed by atoms with Gasteiger partial charge < -0.3 is 10.3 Å². The number of carbonyl (C=O) groups is 1. The summed E-state index contributed by atoms with van der Waals surface area (Å²) in [5.41, 5.74) is 2.45. The van der Waals surface area contributed by atoms with Crippen molar-refractivity contribution in [2.75, 3.05) is 5.75 Å². The van der Waals surface area contributed by atoms with Crippen LogP contribution in [-0.2, 0) is 4.79 Å². The van der Waals surface area contributed by atoms with E-state index in [9.17, 15) is 4.79 Å². The molecule has 4 rings (SSSR count). The van der Waals surface area contributed by atoms with Gasteiger partial charge in [-0.3, -0.25) is 4.79 Å². The summed E-state index contributed by atoms with van der Waals surface area (Å²) >= 11 is 7.27. The number of hydrogen-bond acceptors (Lipinski definition) is 4. The average Bonchev–Trinajstić information content (AvgIpc) is 3.08. The van der Waals surface area contributed by atoms with E-state index in [0.717, 1.165) is 16.5 Å². The Morgan fingerprint density at radius 2 is 2.07 bits per heavy atom. The standard InChI is InChI=1S/C20H17ClN4OS/c1-12(15-8-4-6-13-5-2-3-7-16(13)15)23-18(26)11-27-20-24-17-9-14(21)10-22-19(17)25-20/h2-10,12H,11H2,1H3,(H,23,26)(H,22,24,25)/t12-/m0/s1. The van der Waals surface area contributed by atoms with Gasteiger partial charge >= 0.3 is 0 Å². The fraction of sp³-hybridized carbons (Fsp3) is 0.150. The molecule has 0 bridgehead atoms. The number of aromatic amines is 1. The molecular weight excluding hydrogens is 380 g/mol. The number of rotatable bonds is 5. The molecule has 1 atom stereocenters. The van der Waals surface area contributed by atoms with Gasteiger partial charge in [-0.05, 0) is 29.3 Å². The van der Waals surface area contributed by atoms with E-state index in [4.69, 9.17) is 11.6 Å². The number of aromatic nitrogens is 3. The van der Waals surface area contributed by atoms with Gasteiger partial charge in [-0.2, -0.15) is 0 Å². The van der Waals surface area contributed by atoms with Gasteiger partial charge in [0, 0.05) is 6.20 Å². The second-order valence-electron chi connectivity index (χ2n) is 6.21. The van der Waals surface area contributed by atoms with Crippen molar-refractivity contribution in [1.29, 1.82) is 0 Å². The van der Waals surface area contributed by atoms with Crippen molar-refractivity contribution in [2.24, 2.45) is 0 Å². The van der Waals surface area contributed by atoms with Crippen LogP contribution in [0.2, 0.25) is 5.02 Å². The number of imidazole rings is 1. The molecule has 5 nitrogen and oxygen atoms in total. The number of fused-ring (bicyclic) bond motifs is 2. The first-order valence-corrected chi connectivity index (χ1v) is 9.87. The summed E-state index contributed by atoms with van der Waals surface area (Å²) in [7, 11) is 0. The molecule has 0 aliphatic carbocycles. The van der Waals surface area contributed by atoms with Crippen LogP contribution in [0, 0.1) is 0 Å². The topological polar surface area (TPSA) is 70.7 Å². The Morgan fingerprint density at radius 3 is 2.96 bits per heavy atom. The van der Waals surface area contributed by atoms with Crippen LogP contribution in [0.15, 0.2) is 59.9 Å².